The zero-order valence-electron chi connectivity index (χ0n) is 22.3. The molecule has 2 saturated heterocycles. The largest absolute Gasteiger partial charge is 0.378 e. The number of imide groups is 1. The molecule has 1 aromatic carbocycles. The van der Waals surface area contributed by atoms with Crippen LogP contribution in [0.1, 0.15) is 49.1 Å². The molecule has 206 valence electrons. The third-order valence-corrected chi connectivity index (χ3v) is 12.2. The maximum Gasteiger partial charge on any atom is 0.305 e. The fraction of sp³-hybridized carbons (Fsp3) is 0.586. The minimum atomic E-state index is -0.379. The van der Waals surface area contributed by atoms with E-state index in [1.807, 2.05) is 0 Å². The van der Waals surface area contributed by atoms with Crippen LogP contribution in [0, 0.1) is 29.6 Å². The topological polar surface area (TPSA) is 99.8 Å². The monoisotopic (exact) mass is 567 g/mol. The quantitative estimate of drug-likeness (QED) is 0.573. The number of amides is 3. The number of aromatic amines is 1. The van der Waals surface area contributed by atoms with Crippen LogP contribution in [0.2, 0.25) is 0 Å². The predicted molar refractivity (Wildman–Crippen MR) is 148 cm³/mol. The van der Waals surface area contributed by atoms with Gasteiger partial charge in [0.2, 0.25) is 17.7 Å². The smallest absolute Gasteiger partial charge is 0.305 e. The van der Waals surface area contributed by atoms with E-state index in [0.717, 1.165) is 21.9 Å². The van der Waals surface area contributed by atoms with Crippen molar-refractivity contribution in [3.8, 4) is 0 Å². The number of hydrogen-bond donors (Lipinski definition) is 1. The molecular formula is C29H33N3O5S2. The van der Waals surface area contributed by atoms with Gasteiger partial charge < -0.3 is 14.6 Å². The zero-order valence-corrected chi connectivity index (χ0v) is 24.0. The normalized spacial score (nSPS) is 33.4. The molecule has 39 heavy (non-hydrogen) atoms. The van der Waals surface area contributed by atoms with Crippen molar-refractivity contribution in [2.24, 2.45) is 29.6 Å². The summed E-state index contributed by atoms with van der Waals surface area (Å²) in [5.41, 5.74) is 2.45. The highest BCUT2D eigenvalue weighted by Crippen LogP contribution is 2.68. The molecule has 8 nitrogen and oxygen atoms in total. The molecule has 4 fully saturated rings. The van der Waals surface area contributed by atoms with Crippen molar-refractivity contribution in [3.05, 3.63) is 49.9 Å². The minimum Gasteiger partial charge on any atom is -0.378 e. The van der Waals surface area contributed by atoms with E-state index in [1.54, 1.807) is 16.7 Å². The molecule has 0 radical (unpaired) electrons. The van der Waals surface area contributed by atoms with Gasteiger partial charge in [0.25, 0.3) is 0 Å². The molecule has 0 spiro atoms. The lowest BCUT2D eigenvalue weighted by molar-refractivity contribution is -0.148. The number of benzene rings is 1. The molecule has 2 bridgehead atoms. The number of ether oxygens (including phenoxy) is 1. The van der Waals surface area contributed by atoms with Crippen molar-refractivity contribution in [2.75, 3.05) is 32.8 Å². The second kappa shape index (κ2) is 9.04. The Bertz CT molecular complexity index is 1400. The molecule has 5 aliphatic rings. The van der Waals surface area contributed by atoms with Crippen LogP contribution in [0.5, 0.6) is 0 Å². The molecular weight excluding hydrogens is 534 g/mol. The Kier molecular flexibility index (Phi) is 5.92. The van der Waals surface area contributed by atoms with E-state index in [2.05, 4.69) is 50.0 Å². The van der Waals surface area contributed by atoms with Gasteiger partial charge in [0, 0.05) is 29.1 Å². The molecule has 7 atom stereocenters. The molecule has 1 N–H and O–H groups in total. The first kappa shape index (κ1) is 25.5. The molecule has 10 heteroatoms. The Labute approximate surface area is 235 Å². The number of rotatable bonds is 3. The average Bonchev–Trinajstić information content (AvgIpc) is 3.64. The standard InChI is InChI=1S/C29H33N3O5S2/c1-29(2,3)15-6-4-14(5-7-15)19-20-16-12-17(23(20)38-25-24(19)39-28(36)30-25)22-21(16)26(34)32(27(22)35)13-18(33)31-8-10-37-11-9-31/h4-7,16-17,19-23H,8-13H2,1-3H3,(H,30,36)/t16?,17?,19-,20?,21?,22?,23?/m1/s1. The molecule has 3 aliphatic heterocycles. The molecule has 7 rings (SSSR count). The second-order valence-electron chi connectivity index (χ2n) is 12.6. The van der Waals surface area contributed by atoms with Gasteiger partial charge in [-0.05, 0) is 40.7 Å². The van der Waals surface area contributed by atoms with Crippen LogP contribution >= 0.6 is 23.1 Å². The van der Waals surface area contributed by atoms with Gasteiger partial charge in [-0.1, -0.05) is 56.4 Å². The lowest BCUT2D eigenvalue weighted by atomic mass is 9.68. The highest BCUT2D eigenvalue weighted by molar-refractivity contribution is 8.00. The van der Waals surface area contributed by atoms with Crippen molar-refractivity contribution in [3.63, 3.8) is 0 Å². The molecule has 6 unspecified atom stereocenters. The maximum atomic E-state index is 13.8. The van der Waals surface area contributed by atoms with Gasteiger partial charge in [-0.15, -0.1) is 11.8 Å². The maximum absolute atomic E-state index is 13.8. The van der Waals surface area contributed by atoms with E-state index in [-0.39, 0.29) is 75.3 Å². The third kappa shape index (κ3) is 3.89. The van der Waals surface area contributed by atoms with Gasteiger partial charge in [-0.2, -0.15) is 0 Å². The number of carbonyl (C=O) groups excluding carboxylic acids is 3. The van der Waals surface area contributed by atoms with Gasteiger partial charge in [0.1, 0.15) is 6.54 Å². The minimum absolute atomic E-state index is 0.00658. The van der Waals surface area contributed by atoms with E-state index >= 15 is 0 Å². The van der Waals surface area contributed by atoms with E-state index < -0.39 is 0 Å². The van der Waals surface area contributed by atoms with E-state index in [4.69, 9.17) is 4.74 Å². The Morgan fingerprint density at radius 2 is 1.69 bits per heavy atom. The van der Waals surface area contributed by atoms with E-state index in [0.29, 0.717) is 26.3 Å². The summed E-state index contributed by atoms with van der Waals surface area (Å²) in [4.78, 5) is 59.9. The van der Waals surface area contributed by atoms with Crippen LogP contribution in [0.15, 0.2) is 34.1 Å². The van der Waals surface area contributed by atoms with E-state index in [1.165, 1.54) is 21.8 Å². The van der Waals surface area contributed by atoms with Crippen LogP contribution < -0.4 is 4.87 Å². The van der Waals surface area contributed by atoms with Crippen molar-refractivity contribution < 1.29 is 19.1 Å². The van der Waals surface area contributed by atoms with Gasteiger partial charge in [-0.3, -0.25) is 24.1 Å². The Morgan fingerprint density at radius 1 is 1.03 bits per heavy atom. The number of morpholine rings is 1. The van der Waals surface area contributed by atoms with Crippen LogP contribution in [-0.4, -0.2) is 70.6 Å². The van der Waals surface area contributed by atoms with Crippen LogP contribution in [0.4, 0.5) is 0 Å². The van der Waals surface area contributed by atoms with Crippen molar-refractivity contribution in [1.29, 1.82) is 0 Å². The van der Waals surface area contributed by atoms with Crippen molar-refractivity contribution >= 4 is 40.8 Å². The number of nitrogens with one attached hydrogen (secondary N) is 1. The number of thioether (sulfide) groups is 1. The molecule has 1 aromatic heterocycles. The molecule has 3 amide bonds. The summed E-state index contributed by atoms with van der Waals surface area (Å²) >= 11 is 2.97. The number of hydrogen-bond acceptors (Lipinski definition) is 7. The zero-order chi connectivity index (χ0) is 27.2. The van der Waals surface area contributed by atoms with Gasteiger partial charge in [0.05, 0.1) is 30.1 Å². The number of fused-ring (bicyclic) bond motifs is 9. The fourth-order valence-electron chi connectivity index (χ4n) is 7.85. The Balaban J connectivity index is 1.21. The summed E-state index contributed by atoms with van der Waals surface area (Å²) in [5, 5.41) is 1.06. The van der Waals surface area contributed by atoms with E-state index in [9.17, 15) is 19.2 Å². The molecule has 2 saturated carbocycles. The third-order valence-electron chi connectivity index (χ3n) is 9.61. The van der Waals surface area contributed by atoms with Gasteiger partial charge >= 0.3 is 4.87 Å². The Morgan fingerprint density at radius 3 is 2.36 bits per heavy atom. The molecule has 2 aliphatic carbocycles. The summed E-state index contributed by atoms with van der Waals surface area (Å²) in [6, 6.07) is 8.73. The first-order valence-corrected chi connectivity index (χ1v) is 15.5. The first-order valence-electron chi connectivity index (χ1n) is 13.8. The lowest BCUT2D eigenvalue weighted by Crippen LogP contribution is -2.47. The van der Waals surface area contributed by atoms with Gasteiger partial charge in [0.15, 0.2) is 0 Å². The number of H-pyrrole nitrogens is 1. The molecule has 4 heterocycles. The summed E-state index contributed by atoms with van der Waals surface area (Å²) in [5.74, 6) is -1.03. The summed E-state index contributed by atoms with van der Waals surface area (Å²) < 4.78 is 5.35. The van der Waals surface area contributed by atoms with Crippen LogP contribution in [-0.2, 0) is 24.5 Å². The van der Waals surface area contributed by atoms with Crippen molar-refractivity contribution in [2.45, 2.75) is 48.8 Å². The summed E-state index contributed by atoms with van der Waals surface area (Å²) in [6.07, 6.45) is 0.843. The highest BCUT2D eigenvalue weighted by Gasteiger charge is 2.69. The summed E-state index contributed by atoms with van der Waals surface area (Å²) in [7, 11) is 0. The fourth-order valence-corrected chi connectivity index (χ4v) is 10.7. The van der Waals surface area contributed by atoms with Gasteiger partial charge in [-0.25, -0.2) is 0 Å². The van der Waals surface area contributed by atoms with Crippen molar-refractivity contribution in [1.82, 2.24) is 14.8 Å². The number of thiazole rings is 1. The molecule has 2 aromatic rings. The number of nitrogens with zero attached hydrogens (tertiary/aromatic N) is 2. The van der Waals surface area contributed by atoms with Crippen LogP contribution in [0.3, 0.4) is 0 Å². The number of aromatic nitrogens is 1. The number of likely N-dealkylation sites (tertiary alicyclic amines) is 1. The average molecular weight is 568 g/mol. The van der Waals surface area contributed by atoms with Crippen LogP contribution in [0.25, 0.3) is 0 Å². The SMILES string of the molecule is CC(C)(C)c1ccc([C@H]2c3sc(=O)[nH]c3SC3C4CC(C5C(=O)N(CC(=O)N6CCOCC6)C(=O)C45)C32)cc1. The highest BCUT2D eigenvalue weighted by atomic mass is 32.2. The summed E-state index contributed by atoms with van der Waals surface area (Å²) in [6.45, 7) is 8.35. The number of carbonyl (C=O) groups is 3. The Hall–Kier alpha value is -2.43. The first-order chi connectivity index (χ1) is 18.6. The second-order valence-corrected chi connectivity index (χ2v) is 14.8. The predicted octanol–water partition coefficient (Wildman–Crippen LogP) is 3.07. The lowest BCUT2D eigenvalue weighted by Gasteiger charge is -2.43.